The molecular formula is C46H36. The van der Waals surface area contributed by atoms with Crippen LogP contribution in [0, 0.1) is 23.7 Å². The van der Waals surface area contributed by atoms with Crippen molar-refractivity contribution in [3.05, 3.63) is 145 Å². The van der Waals surface area contributed by atoms with E-state index in [4.69, 9.17) is 0 Å². The first-order valence-corrected chi connectivity index (χ1v) is 17.5. The summed E-state index contributed by atoms with van der Waals surface area (Å²) in [6.07, 6.45) is 7.09. The van der Waals surface area contributed by atoms with Gasteiger partial charge >= 0.3 is 0 Å². The first-order chi connectivity index (χ1) is 22.8. The molecule has 46 heavy (non-hydrogen) atoms. The molecule has 7 aromatic carbocycles. The Kier molecular flexibility index (Phi) is 5.10. The van der Waals surface area contributed by atoms with Crippen LogP contribution in [0.1, 0.15) is 43.2 Å². The lowest BCUT2D eigenvalue weighted by Crippen LogP contribution is -2.55. The number of hydrogen-bond donors (Lipinski definition) is 0. The van der Waals surface area contributed by atoms with E-state index in [9.17, 15) is 0 Å². The van der Waals surface area contributed by atoms with Crippen LogP contribution in [0.15, 0.2) is 133 Å². The Morgan fingerprint density at radius 3 is 1.57 bits per heavy atom. The fourth-order valence-corrected chi connectivity index (χ4v) is 11.5. The molecule has 0 heteroatoms. The van der Waals surface area contributed by atoms with E-state index in [1.807, 2.05) is 0 Å². The van der Waals surface area contributed by atoms with Crippen LogP contribution in [0.25, 0.3) is 65.7 Å². The topological polar surface area (TPSA) is 0 Å². The van der Waals surface area contributed by atoms with E-state index in [0.29, 0.717) is 0 Å². The molecule has 0 atom stereocenters. The quantitative estimate of drug-likeness (QED) is 0.176. The van der Waals surface area contributed by atoms with Crippen molar-refractivity contribution in [1.29, 1.82) is 0 Å². The van der Waals surface area contributed by atoms with Crippen molar-refractivity contribution in [2.24, 2.45) is 23.7 Å². The second-order valence-corrected chi connectivity index (χ2v) is 14.8. The van der Waals surface area contributed by atoms with Gasteiger partial charge in [0, 0.05) is 5.41 Å². The highest BCUT2D eigenvalue weighted by atomic mass is 14.6. The molecule has 0 nitrogen and oxygen atoms in total. The van der Waals surface area contributed by atoms with Crippen molar-refractivity contribution >= 4 is 32.3 Å². The van der Waals surface area contributed by atoms with Crippen molar-refractivity contribution < 1.29 is 0 Å². The van der Waals surface area contributed by atoms with Crippen LogP contribution < -0.4 is 0 Å². The largest absolute Gasteiger partial charge is 0.0622 e. The van der Waals surface area contributed by atoms with Gasteiger partial charge in [0.25, 0.3) is 0 Å². The van der Waals surface area contributed by atoms with Gasteiger partial charge in [-0.3, -0.25) is 0 Å². The molecule has 0 unspecified atom stereocenters. The average Bonchev–Trinajstić information content (AvgIpc) is 3.41. The van der Waals surface area contributed by atoms with Crippen LogP contribution in [0.3, 0.4) is 0 Å². The SMILES string of the molecule is c1ccc(-c2c3ccccc3c(-c3cccc4c3-c3c(ccc5ccccc35)C43C4CC5CC(C4)CC3C5)c3ccccc23)cc1. The van der Waals surface area contributed by atoms with Gasteiger partial charge in [0.15, 0.2) is 0 Å². The zero-order chi connectivity index (χ0) is 30.0. The van der Waals surface area contributed by atoms with E-state index in [1.54, 1.807) is 11.1 Å². The zero-order valence-electron chi connectivity index (χ0n) is 26.0. The van der Waals surface area contributed by atoms with E-state index < -0.39 is 0 Å². The van der Waals surface area contributed by atoms with Crippen molar-refractivity contribution in [2.75, 3.05) is 0 Å². The molecule has 0 aliphatic heterocycles. The van der Waals surface area contributed by atoms with Gasteiger partial charge in [-0.2, -0.15) is 0 Å². The third-order valence-electron chi connectivity index (χ3n) is 12.8. The second kappa shape index (κ2) is 9.20. The van der Waals surface area contributed by atoms with Crippen LogP contribution >= 0.6 is 0 Å². The van der Waals surface area contributed by atoms with Gasteiger partial charge < -0.3 is 0 Å². The van der Waals surface area contributed by atoms with Gasteiger partial charge in [-0.1, -0.05) is 133 Å². The minimum absolute atomic E-state index is 0.133. The maximum atomic E-state index is 2.57. The fourth-order valence-electron chi connectivity index (χ4n) is 11.5. The van der Waals surface area contributed by atoms with E-state index in [-0.39, 0.29) is 5.41 Å². The summed E-state index contributed by atoms with van der Waals surface area (Å²) < 4.78 is 0. The molecule has 5 aliphatic rings. The van der Waals surface area contributed by atoms with Crippen LogP contribution in [-0.4, -0.2) is 0 Å². The first kappa shape index (κ1) is 25.5. The van der Waals surface area contributed by atoms with Gasteiger partial charge in [0.1, 0.15) is 0 Å². The van der Waals surface area contributed by atoms with E-state index >= 15 is 0 Å². The normalized spacial score (nSPS) is 25.5. The second-order valence-electron chi connectivity index (χ2n) is 14.8. The highest BCUT2D eigenvalue weighted by Crippen LogP contribution is 2.70. The van der Waals surface area contributed by atoms with Crippen molar-refractivity contribution in [3.63, 3.8) is 0 Å². The maximum absolute atomic E-state index is 2.57. The molecule has 220 valence electrons. The van der Waals surface area contributed by atoms with E-state index in [1.165, 1.54) is 97.8 Å². The monoisotopic (exact) mass is 588 g/mol. The molecule has 0 aromatic heterocycles. The lowest BCUT2D eigenvalue weighted by atomic mass is 9.43. The number of benzene rings is 7. The molecule has 5 aliphatic carbocycles. The molecule has 4 fully saturated rings. The Balaban J connectivity index is 1.30. The summed E-state index contributed by atoms with van der Waals surface area (Å²) in [6, 6.07) is 51.0. The first-order valence-electron chi connectivity index (χ1n) is 17.5. The lowest BCUT2D eigenvalue weighted by molar-refractivity contribution is -0.0399. The standard InChI is InChI=1S/C46H36/c1-2-12-31(13-3-1)42-35-15-6-8-17-37(35)43(38-18-9-7-16-36(38)42)39-19-10-20-40-45(39)44-34-14-5-4-11-30(34)21-22-41(44)46(40)32-24-28-23-29(26-32)27-33(46)25-28/h1-22,28-29,32-33H,23-27H2. The number of hydrogen-bond acceptors (Lipinski definition) is 0. The summed E-state index contributed by atoms with van der Waals surface area (Å²) in [6.45, 7) is 0. The summed E-state index contributed by atoms with van der Waals surface area (Å²) in [5, 5.41) is 8.15. The molecule has 0 heterocycles. The minimum atomic E-state index is 0.133. The van der Waals surface area contributed by atoms with Gasteiger partial charge in [-0.05, 0) is 133 Å². The smallest absolute Gasteiger partial charge is 0.0272 e. The summed E-state index contributed by atoms with van der Waals surface area (Å²) in [5.41, 5.74) is 11.9. The van der Waals surface area contributed by atoms with Crippen molar-refractivity contribution in [3.8, 4) is 33.4 Å². The van der Waals surface area contributed by atoms with E-state index in [0.717, 1.165) is 23.7 Å². The van der Waals surface area contributed by atoms with E-state index in [2.05, 4.69) is 133 Å². The van der Waals surface area contributed by atoms with Gasteiger partial charge in [0.2, 0.25) is 0 Å². The highest BCUT2D eigenvalue weighted by molar-refractivity contribution is 6.23. The summed E-state index contributed by atoms with van der Waals surface area (Å²) >= 11 is 0. The predicted molar refractivity (Wildman–Crippen MR) is 193 cm³/mol. The molecule has 7 aromatic rings. The van der Waals surface area contributed by atoms with Crippen LogP contribution in [0.5, 0.6) is 0 Å². The van der Waals surface area contributed by atoms with Crippen molar-refractivity contribution in [1.82, 2.24) is 0 Å². The molecular weight excluding hydrogens is 553 g/mol. The molecule has 0 radical (unpaired) electrons. The van der Waals surface area contributed by atoms with Gasteiger partial charge in [0.05, 0.1) is 0 Å². The minimum Gasteiger partial charge on any atom is -0.0622 e. The lowest BCUT2D eigenvalue weighted by Gasteiger charge is -2.61. The highest BCUT2D eigenvalue weighted by Gasteiger charge is 2.62. The number of rotatable bonds is 2. The molecule has 1 spiro atoms. The predicted octanol–water partition coefficient (Wildman–Crippen LogP) is 12.2. The van der Waals surface area contributed by atoms with Crippen LogP contribution in [0.4, 0.5) is 0 Å². The molecule has 12 rings (SSSR count). The Morgan fingerprint density at radius 2 is 0.913 bits per heavy atom. The molecule has 0 amide bonds. The Morgan fingerprint density at radius 1 is 0.370 bits per heavy atom. The molecule has 0 N–H and O–H groups in total. The zero-order valence-corrected chi connectivity index (χ0v) is 26.0. The van der Waals surface area contributed by atoms with Gasteiger partial charge in [-0.25, -0.2) is 0 Å². The summed E-state index contributed by atoms with van der Waals surface area (Å²) in [7, 11) is 0. The summed E-state index contributed by atoms with van der Waals surface area (Å²) in [5.74, 6) is 3.36. The van der Waals surface area contributed by atoms with Crippen LogP contribution in [0.2, 0.25) is 0 Å². The molecule has 0 saturated heterocycles. The van der Waals surface area contributed by atoms with Crippen molar-refractivity contribution in [2.45, 2.75) is 37.5 Å². The average molecular weight is 589 g/mol. The third-order valence-corrected chi connectivity index (χ3v) is 12.8. The Bertz CT molecular complexity index is 2290. The molecule has 4 bridgehead atoms. The fraction of sp³-hybridized carbons (Fsp3) is 0.217. The van der Waals surface area contributed by atoms with Gasteiger partial charge in [-0.15, -0.1) is 0 Å². The Labute approximate surface area is 270 Å². The Hall–Kier alpha value is -4.68. The third kappa shape index (κ3) is 3.15. The summed E-state index contributed by atoms with van der Waals surface area (Å²) in [4.78, 5) is 0. The van der Waals surface area contributed by atoms with Crippen LogP contribution in [-0.2, 0) is 5.41 Å². The maximum Gasteiger partial charge on any atom is 0.0272 e. The molecule has 4 saturated carbocycles. The number of fused-ring (bicyclic) bond motifs is 7.